The SMILES string of the molecule is CN1CCC[C@H](OCCO)C1. The lowest BCUT2D eigenvalue weighted by Crippen LogP contribution is -2.37. The van der Waals surface area contributed by atoms with Gasteiger partial charge >= 0.3 is 0 Å². The monoisotopic (exact) mass is 159 g/mol. The van der Waals surface area contributed by atoms with Gasteiger partial charge in [-0.1, -0.05) is 0 Å². The Bertz CT molecular complexity index is 108. The molecule has 1 heterocycles. The fourth-order valence-electron chi connectivity index (χ4n) is 1.47. The lowest BCUT2D eigenvalue weighted by molar-refractivity contribution is -0.00876. The van der Waals surface area contributed by atoms with Gasteiger partial charge in [0.25, 0.3) is 0 Å². The van der Waals surface area contributed by atoms with Gasteiger partial charge in [0.15, 0.2) is 0 Å². The van der Waals surface area contributed by atoms with Gasteiger partial charge in [0.05, 0.1) is 19.3 Å². The van der Waals surface area contributed by atoms with Crippen molar-refractivity contribution in [3.8, 4) is 0 Å². The number of aliphatic hydroxyl groups is 1. The number of hydrogen-bond acceptors (Lipinski definition) is 3. The van der Waals surface area contributed by atoms with Crippen LogP contribution in [0.3, 0.4) is 0 Å². The summed E-state index contributed by atoms with van der Waals surface area (Å²) in [5, 5.41) is 8.52. The zero-order valence-corrected chi connectivity index (χ0v) is 7.12. The van der Waals surface area contributed by atoms with Gasteiger partial charge < -0.3 is 14.7 Å². The van der Waals surface area contributed by atoms with Gasteiger partial charge in [-0.3, -0.25) is 0 Å². The molecule has 1 N–H and O–H groups in total. The van der Waals surface area contributed by atoms with Crippen molar-refractivity contribution in [1.82, 2.24) is 4.90 Å². The van der Waals surface area contributed by atoms with Gasteiger partial charge in [0.1, 0.15) is 0 Å². The van der Waals surface area contributed by atoms with E-state index in [1.54, 1.807) is 0 Å². The molecule has 3 heteroatoms. The Kier molecular flexibility index (Phi) is 3.83. The first-order valence-corrected chi connectivity index (χ1v) is 4.24. The summed E-state index contributed by atoms with van der Waals surface area (Å²) in [6, 6.07) is 0. The van der Waals surface area contributed by atoms with Crippen molar-refractivity contribution in [1.29, 1.82) is 0 Å². The van der Waals surface area contributed by atoms with E-state index in [9.17, 15) is 0 Å². The van der Waals surface area contributed by atoms with Crippen LogP contribution in [0.2, 0.25) is 0 Å². The third-order valence-corrected chi connectivity index (χ3v) is 2.03. The number of likely N-dealkylation sites (tertiary alicyclic amines) is 1. The highest BCUT2D eigenvalue weighted by Crippen LogP contribution is 2.10. The van der Waals surface area contributed by atoms with Gasteiger partial charge in [0.2, 0.25) is 0 Å². The molecule has 0 radical (unpaired) electrons. The van der Waals surface area contributed by atoms with Crippen LogP contribution in [0.4, 0.5) is 0 Å². The molecule has 0 amide bonds. The second-order valence-corrected chi connectivity index (χ2v) is 3.12. The second-order valence-electron chi connectivity index (χ2n) is 3.12. The Balaban J connectivity index is 2.12. The van der Waals surface area contributed by atoms with Crippen LogP contribution in [-0.4, -0.2) is 49.5 Å². The molecule has 11 heavy (non-hydrogen) atoms. The van der Waals surface area contributed by atoms with Crippen molar-refractivity contribution in [3.63, 3.8) is 0 Å². The number of nitrogens with zero attached hydrogens (tertiary/aromatic N) is 1. The number of piperidine rings is 1. The van der Waals surface area contributed by atoms with E-state index in [2.05, 4.69) is 11.9 Å². The standard InChI is InChI=1S/C8H17NO2/c1-9-4-2-3-8(7-9)11-6-5-10/h8,10H,2-7H2,1H3/t8-/m0/s1. The highest BCUT2D eigenvalue weighted by molar-refractivity contribution is 4.70. The molecule has 0 spiro atoms. The Morgan fingerprint density at radius 2 is 2.45 bits per heavy atom. The molecule has 1 aliphatic heterocycles. The van der Waals surface area contributed by atoms with Crippen molar-refractivity contribution >= 4 is 0 Å². The Labute approximate surface area is 68.0 Å². The van der Waals surface area contributed by atoms with Crippen LogP contribution in [0.25, 0.3) is 0 Å². The van der Waals surface area contributed by atoms with Gasteiger partial charge in [-0.15, -0.1) is 0 Å². The zero-order chi connectivity index (χ0) is 8.10. The maximum Gasteiger partial charge on any atom is 0.0703 e. The molecule has 3 nitrogen and oxygen atoms in total. The van der Waals surface area contributed by atoms with E-state index in [-0.39, 0.29) is 6.61 Å². The summed E-state index contributed by atoms with van der Waals surface area (Å²) < 4.78 is 5.41. The van der Waals surface area contributed by atoms with E-state index < -0.39 is 0 Å². The lowest BCUT2D eigenvalue weighted by atomic mass is 10.1. The third kappa shape index (κ3) is 3.18. The minimum absolute atomic E-state index is 0.139. The summed E-state index contributed by atoms with van der Waals surface area (Å²) in [4.78, 5) is 2.27. The largest absolute Gasteiger partial charge is 0.394 e. The smallest absolute Gasteiger partial charge is 0.0703 e. The number of likely N-dealkylation sites (N-methyl/N-ethyl adjacent to an activating group) is 1. The fraction of sp³-hybridized carbons (Fsp3) is 1.00. The van der Waals surface area contributed by atoms with Gasteiger partial charge in [-0.05, 0) is 26.4 Å². The minimum Gasteiger partial charge on any atom is -0.394 e. The first-order chi connectivity index (χ1) is 5.33. The van der Waals surface area contributed by atoms with Crippen LogP contribution in [0.1, 0.15) is 12.8 Å². The molecular weight excluding hydrogens is 142 g/mol. The molecule has 1 saturated heterocycles. The van der Waals surface area contributed by atoms with Crippen molar-refractivity contribution in [2.45, 2.75) is 18.9 Å². The minimum atomic E-state index is 0.139. The van der Waals surface area contributed by atoms with Gasteiger partial charge in [0, 0.05) is 6.54 Å². The molecule has 0 unspecified atom stereocenters. The molecule has 0 aromatic rings. The van der Waals surface area contributed by atoms with E-state index in [0.717, 1.165) is 13.0 Å². The predicted octanol–water partition coefficient (Wildman–Crippen LogP) is 0.0895. The molecule has 0 aliphatic carbocycles. The zero-order valence-electron chi connectivity index (χ0n) is 7.12. The van der Waals surface area contributed by atoms with Crippen molar-refractivity contribution < 1.29 is 9.84 Å². The average molecular weight is 159 g/mol. The normalized spacial score (nSPS) is 27.3. The highest BCUT2D eigenvalue weighted by atomic mass is 16.5. The number of hydrogen-bond donors (Lipinski definition) is 1. The van der Waals surface area contributed by atoms with E-state index in [4.69, 9.17) is 9.84 Å². The summed E-state index contributed by atoms with van der Waals surface area (Å²) in [5.41, 5.74) is 0. The Hall–Kier alpha value is -0.120. The lowest BCUT2D eigenvalue weighted by Gasteiger charge is -2.29. The second kappa shape index (κ2) is 4.70. The molecule has 0 aromatic carbocycles. The Morgan fingerprint density at radius 1 is 1.64 bits per heavy atom. The van der Waals surface area contributed by atoms with Gasteiger partial charge in [-0.25, -0.2) is 0 Å². The summed E-state index contributed by atoms with van der Waals surface area (Å²) in [6.45, 7) is 2.82. The van der Waals surface area contributed by atoms with Crippen molar-refractivity contribution in [2.75, 3.05) is 33.4 Å². The molecule has 0 bridgehead atoms. The maximum atomic E-state index is 8.52. The molecule has 1 aliphatic rings. The topological polar surface area (TPSA) is 32.7 Å². The molecule has 66 valence electrons. The molecule has 0 aromatic heterocycles. The molecular formula is C8H17NO2. The summed E-state index contributed by atoms with van der Waals surface area (Å²) >= 11 is 0. The maximum absolute atomic E-state index is 8.52. The molecule has 1 rings (SSSR count). The van der Waals surface area contributed by atoms with Crippen LogP contribution in [0.5, 0.6) is 0 Å². The first-order valence-electron chi connectivity index (χ1n) is 4.24. The van der Waals surface area contributed by atoms with Gasteiger partial charge in [-0.2, -0.15) is 0 Å². The number of aliphatic hydroxyl groups excluding tert-OH is 1. The summed E-state index contributed by atoms with van der Waals surface area (Å²) in [5.74, 6) is 0. The summed E-state index contributed by atoms with van der Waals surface area (Å²) in [7, 11) is 2.11. The van der Waals surface area contributed by atoms with E-state index in [1.807, 2.05) is 0 Å². The van der Waals surface area contributed by atoms with Crippen LogP contribution < -0.4 is 0 Å². The van der Waals surface area contributed by atoms with Crippen molar-refractivity contribution in [3.05, 3.63) is 0 Å². The Morgan fingerprint density at radius 3 is 3.09 bits per heavy atom. The molecule has 1 atom stereocenters. The quantitative estimate of drug-likeness (QED) is 0.633. The molecule has 0 saturated carbocycles. The predicted molar refractivity (Wildman–Crippen MR) is 43.6 cm³/mol. The summed E-state index contributed by atoms with van der Waals surface area (Å²) in [6.07, 6.45) is 2.71. The number of rotatable bonds is 3. The van der Waals surface area contributed by atoms with Crippen LogP contribution in [0.15, 0.2) is 0 Å². The number of ether oxygens (including phenoxy) is 1. The van der Waals surface area contributed by atoms with Crippen molar-refractivity contribution in [2.24, 2.45) is 0 Å². The van der Waals surface area contributed by atoms with E-state index >= 15 is 0 Å². The third-order valence-electron chi connectivity index (χ3n) is 2.03. The van der Waals surface area contributed by atoms with E-state index in [1.165, 1.54) is 13.0 Å². The average Bonchev–Trinajstić information content (AvgIpc) is 2.01. The van der Waals surface area contributed by atoms with Crippen LogP contribution >= 0.6 is 0 Å². The fourth-order valence-corrected chi connectivity index (χ4v) is 1.47. The molecule has 1 fully saturated rings. The van der Waals surface area contributed by atoms with E-state index in [0.29, 0.717) is 12.7 Å². The van der Waals surface area contributed by atoms with Crippen LogP contribution in [0, 0.1) is 0 Å². The van der Waals surface area contributed by atoms with Crippen LogP contribution in [-0.2, 0) is 4.74 Å². The highest BCUT2D eigenvalue weighted by Gasteiger charge is 2.16. The first kappa shape index (κ1) is 8.97.